The molecule has 0 saturated carbocycles. The van der Waals surface area contributed by atoms with E-state index >= 15 is 0 Å². The molecule has 0 aliphatic carbocycles. The number of hydrogen-bond donors (Lipinski definition) is 2. The molecule has 25 heavy (non-hydrogen) atoms. The molecule has 0 unspecified atom stereocenters. The fourth-order valence-electron chi connectivity index (χ4n) is 2.72. The molecule has 0 bridgehead atoms. The van der Waals surface area contributed by atoms with Crippen molar-refractivity contribution in [3.8, 4) is 5.88 Å². The van der Waals surface area contributed by atoms with Crippen LogP contribution in [0.4, 0.5) is 5.69 Å². The monoisotopic (exact) mass is 358 g/mol. The van der Waals surface area contributed by atoms with Crippen LogP contribution in [0.5, 0.6) is 5.88 Å². The average molecular weight is 358 g/mol. The Morgan fingerprint density at radius 3 is 2.88 bits per heavy atom. The summed E-state index contributed by atoms with van der Waals surface area (Å²) in [6, 6.07) is 7.73. The molecule has 0 saturated heterocycles. The molecule has 2 aromatic rings. The number of benzene rings is 1. The second-order valence-corrected chi connectivity index (χ2v) is 6.14. The molecule has 0 atom stereocenters. The lowest BCUT2D eigenvalue weighted by Crippen LogP contribution is -1.99. The van der Waals surface area contributed by atoms with Crippen molar-refractivity contribution in [2.24, 2.45) is 4.99 Å². The van der Waals surface area contributed by atoms with Crippen molar-refractivity contribution in [1.82, 2.24) is 4.57 Å². The number of aliphatic carboxylic acids is 1. The van der Waals surface area contributed by atoms with Crippen molar-refractivity contribution < 1.29 is 19.4 Å². The van der Waals surface area contributed by atoms with Crippen molar-refractivity contribution in [2.75, 3.05) is 0 Å². The van der Waals surface area contributed by atoms with E-state index in [9.17, 15) is 9.90 Å². The van der Waals surface area contributed by atoms with Gasteiger partial charge in [0, 0.05) is 30.3 Å². The van der Waals surface area contributed by atoms with Crippen LogP contribution in [0.15, 0.2) is 33.7 Å². The summed E-state index contributed by atoms with van der Waals surface area (Å²) in [5.41, 5.74) is 2.71. The highest BCUT2D eigenvalue weighted by atomic mass is 32.1. The number of aromatic nitrogens is 1. The van der Waals surface area contributed by atoms with Gasteiger partial charge >= 0.3 is 5.97 Å². The van der Waals surface area contributed by atoms with Gasteiger partial charge < -0.3 is 14.6 Å². The number of unbranched alkanes of at least 4 members (excludes halogenated alkanes) is 2. The summed E-state index contributed by atoms with van der Waals surface area (Å²) in [7, 11) is 0. The van der Waals surface area contributed by atoms with Crippen LogP contribution in [0.1, 0.15) is 37.0 Å². The largest absolute Gasteiger partial charge is 0.492 e. The Bertz CT molecular complexity index is 908. The van der Waals surface area contributed by atoms with Crippen LogP contribution in [-0.4, -0.2) is 27.0 Å². The topological polar surface area (TPSA) is 88.0 Å². The number of para-hydroxylation sites is 1. The summed E-state index contributed by atoms with van der Waals surface area (Å²) in [5.74, 6) is -0.516. The van der Waals surface area contributed by atoms with Crippen molar-refractivity contribution in [1.29, 1.82) is 0 Å². The van der Waals surface area contributed by atoms with Gasteiger partial charge in [-0.15, -0.1) is 0 Å². The molecule has 0 spiro atoms. The maximum atomic E-state index is 10.5. The predicted octanol–water partition coefficient (Wildman–Crippen LogP) is 4.42. The number of carboxylic acid groups (broad SMARTS) is 1. The Morgan fingerprint density at radius 1 is 1.28 bits per heavy atom. The van der Waals surface area contributed by atoms with Crippen LogP contribution in [-0.2, 0) is 11.3 Å². The number of nitrogens with zero attached hydrogens (tertiary/aromatic N) is 2. The average Bonchev–Trinajstić information content (AvgIpc) is 3.10. The first-order valence-corrected chi connectivity index (χ1v) is 8.46. The number of aliphatic imine (C=N–C) groups is 1. The zero-order valence-corrected chi connectivity index (χ0v) is 14.3. The van der Waals surface area contributed by atoms with Gasteiger partial charge in [-0.2, -0.15) is 0 Å². The van der Waals surface area contributed by atoms with Crippen molar-refractivity contribution >= 4 is 41.7 Å². The first-order valence-electron chi connectivity index (χ1n) is 8.06. The van der Waals surface area contributed by atoms with E-state index in [4.69, 9.17) is 21.7 Å². The molecule has 7 heteroatoms. The second-order valence-electron chi connectivity index (χ2n) is 5.79. The Balaban J connectivity index is 1.73. The number of oxazole rings is 1. The van der Waals surface area contributed by atoms with E-state index in [-0.39, 0.29) is 17.1 Å². The third-order valence-electron chi connectivity index (χ3n) is 4.01. The molecule has 2 N–H and O–H groups in total. The minimum atomic E-state index is -0.796. The number of carboxylic acids is 1. The Labute approximate surface area is 149 Å². The molecule has 2 heterocycles. The smallest absolute Gasteiger partial charge is 0.303 e. The highest BCUT2D eigenvalue weighted by Crippen LogP contribution is 2.34. The first-order chi connectivity index (χ1) is 12.1. The van der Waals surface area contributed by atoms with Crippen molar-refractivity contribution in [3.05, 3.63) is 40.4 Å². The molecule has 0 amide bonds. The van der Waals surface area contributed by atoms with Gasteiger partial charge in [-0.25, -0.2) is 0 Å². The van der Waals surface area contributed by atoms with Crippen molar-refractivity contribution in [2.45, 2.75) is 32.2 Å². The van der Waals surface area contributed by atoms with Gasteiger partial charge in [0.05, 0.1) is 5.69 Å². The van der Waals surface area contributed by atoms with E-state index in [2.05, 4.69) is 4.99 Å². The third-order valence-corrected chi connectivity index (χ3v) is 4.31. The standard InChI is InChI=1S/C18H18N2O4S/c21-16(22)8-2-1-5-9-20-17(23)15(24-18(20)25)10-12-11-19-14-7-4-3-6-13(12)14/h3-4,6-7,10-11,23H,1-2,5,8-9H2,(H,21,22)/b12-10+. The molecule has 1 aromatic carbocycles. The maximum absolute atomic E-state index is 10.5. The normalized spacial score (nSPS) is 14.2. The van der Waals surface area contributed by atoms with E-state index in [1.54, 1.807) is 12.3 Å². The quantitative estimate of drug-likeness (QED) is 0.565. The lowest BCUT2D eigenvalue weighted by Gasteiger charge is -2.02. The lowest BCUT2D eigenvalue weighted by molar-refractivity contribution is -0.137. The van der Waals surface area contributed by atoms with E-state index in [0.717, 1.165) is 29.7 Å². The van der Waals surface area contributed by atoms with Crippen LogP contribution in [0, 0.1) is 4.84 Å². The van der Waals surface area contributed by atoms with E-state index < -0.39 is 5.97 Å². The highest BCUT2D eigenvalue weighted by Gasteiger charge is 2.16. The van der Waals surface area contributed by atoms with Crippen molar-refractivity contribution in [3.63, 3.8) is 0 Å². The Morgan fingerprint density at radius 2 is 2.08 bits per heavy atom. The summed E-state index contributed by atoms with van der Waals surface area (Å²) in [6.07, 6.45) is 5.67. The summed E-state index contributed by atoms with van der Waals surface area (Å²) in [5, 5.41) is 19.0. The summed E-state index contributed by atoms with van der Waals surface area (Å²) in [6.45, 7) is 0.488. The molecular weight excluding hydrogens is 340 g/mol. The van der Waals surface area contributed by atoms with Crippen LogP contribution in [0.3, 0.4) is 0 Å². The van der Waals surface area contributed by atoms with Gasteiger partial charge in [0.1, 0.15) is 0 Å². The molecule has 3 rings (SSSR count). The molecule has 0 radical (unpaired) electrons. The number of rotatable bonds is 7. The minimum absolute atomic E-state index is 0.0199. The third kappa shape index (κ3) is 3.88. The number of carbonyl (C=O) groups is 1. The molecule has 0 fully saturated rings. The minimum Gasteiger partial charge on any atom is -0.492 e. The van der Waals surface area contributed by atoms with E-state index in [1.165, 1.54) is 4.57 Å². The number of hydrogen-bond acceptors (Lipinski definition) is 5. The number of fused-ring (bicyclic) bond motifs is 1. The van der Waals surface area contributed by atoms with Gasteiger partial charge in [-0.05, 0) is 37.2 Å². The predicted molar refractivity (Wildman–Crippen MR) is 97.8 cm³/mol. The van der Waals surface area contributed by atoms with Gasteiger partial charge in [-0.3, -0.25) is 14.4 Å². The molecule has 130 valence electrons. The van der Waals surface area contributed by atoms with Gasteiger partial charge in [-0.1, -0.05) is 24.6 Å². The van der Waals surface area contributed by atoms with Crippen LogP contribution in [0.25, 0.3) is 11.6 Å². The van der Waals surface area contributed by atoms with Crippen LogP contribution < -0.4 is 0 Å². The summed E-state index contributed by atoms with van der Waals surface area (Å²) in [4.78, 5) is 15.0. The van der Waals surface area contributed by atoms with Gasteiger partial charge in [0.2, 0.25) is 5.88 Å². The van der Waals surface area contributed by atoms with Crippen LogP contribution >= 0.6 is 12.2 Å². The fraction of sp³-hybridized carbons (Fsp3) is 0.278. The fourth-order valence-corrected chi connectivity index (χ4v) is 2.99. The summed E-state index contributed by atoms with van der Waals surface area (Å²) < 4.78 is 7.04. The summed E-state index contributed by atoms with van der Waals surface area (Å²) >= 11 is 5.18. The van der Waals surface area contributed by atoms with E-state index in [0.29, 0.717) is 18.7 Å². The second kappa shape index (κ2) is 7.48. The lowest BCUT2D eigenvalue weighted by atomic mass is 10.1. The molecular formula is C18H18N2O4S. The molecule has 1 aliphatic heterocycles. The van der Waals surface area contributed by atoms with Crippen LogP contribution in [0.2, 0.25) is 0 Å². The zero-order chi connectivity index (χ0) is 17.8. The van der Waals surface area contributed by atoms with E-state index in [1.807, 2.05) is 24.3 Å². The Hall–Kier alpha value is -2.67. The highest BCUT2D eigenvalue weighted by molar-refractivity contribution is 7.71. The first kappa shape index (κ1) is 17.2. The van der Waals surface area contributed by atoms with Gasteiger partial charge in [0.15, 0.2) is 5.76 Å². The Kier molecular flexibility index (Phi) is 5.14. The molecule has 6 nitrogen and oxygen atoms in total. The number of allylic oxidation sites excluding steroid dienone is 1. The van der Waals surface area contributed by atoms with Gasteiger partial charge in [0.25, 0.3) is 4.84 Å². The SMILES string of the molecule is O=C(O)CCCCCn1c(O)c(/C=C2\C=Nc3ccccc32)oc1=S. The zero-order valence-electron chi connectivity index (χ0n) is 13.5. The molecule has 1 aromatic heterocycles. The molecule has 1 aliphatic rings. The number of aromatic hydroxyl groups is 1. The maximum Gasteiger partial charge on any atom is 0.303 e.